The zero-order valence-corrected chi connectivity index (χ0v) is 19.7. The van der Waals surface area contributed by atoms with Crippen molar-refractivity contribution >= 4 is 17.0 Å². The smallest absolute Gasteiger partial charge is 0.206 e. The molecule has 0 bridgehead atoms. The molecule has 0 atom stereocenters. The largest absolute Gasteiger partial charge is 0.493 e. The Morgan fingerprint density at radius 2 is 1.52 bits per heavy atom. The van der Waals surface area contributed by atoms with Crippen LogP contribution in [0.1, 0.15) is 64.2 Å². The number of benzene rings is 1. The fraction of sp³-hybridized carbons (Fsp3) is 0.583. The van der Waals surface area contributed by atoms with E-state index in [1.54, 1.807) is 32.7 Å². The maximum Gasteiger partial charge on any atom is 0.206 e. The Morgan fingerprint density at radius 1 is 0.871 bits per heavy atom. The fourth-order valence-electron chi connectivity index (χ4n) is 4.48. The van der Waals surface area contributed by atoms with E-state index in [1.807, 2.05) is 12.1 Å². The van der Waals surface area contributed by atoms with Gasteiger partial charge in [-0.05, 0) is 50.7 Å². The lowest BCUT2D eigenvalue weighted by atomic mass is 9.96. The van der Waals surface area contributed by atoms with Crippen LogP contribution in [0.25, 0.3) is 11.3 Å². The van der Waals surface area contributed by atoms with Gasteiger partial charge in [0.1, 0.15) is 0 Å². The van der Waals surface area contributed by atoms with Gasteiger partial charge >= 0.3 is 0 Å². The predicted octanol–water partition coefficient (Wildman–Crippen LogP) is 5.64. The first-order valence-corrected chi connectivity index (χ1v) is 12.2. The lowest BCUT2D eigenvalue weighted by Crippen LogP contribution is -2.20. The summed E-state index contributed by atoms with van der Waals surface area (Å²) >= 11 is 1.67. The highest BCUT2D eigenvalue weighted by molar-refractivity contribution is 7.07. The molecule has 2 aliphatic rings. The number of ether oxygens (including phenoxy) is 3. The number of hydrogen-bond acceptors (Lipinski definition) is 6. The standard InChI is InChI=1S/C24H33N3O3S/c1-28-21-14-17(15-22(29-2)23(21)30-3)20-16-31-24(25-18-10-6-4-7-11-18)27(20)26-19-12-8-5-9-13-19/h14-16,18H,4-13H2,1-3H3. The molecule has 0 amide bonds. The second-order valence-electron chi connectivity index (χ2n) is 8.28. The summed E-state index contributed by atoms with van der Waals surface area (Å²) < 4.78 is 18.7. The molecule has 0 spiro atoms. The van der Waals surface area contributed by atoms with Crippen LogP contribution in [0.2, 0.25) is 0 Å². The maximum absolute atomic E-state index is 5.59. The van der Waals surface area contributed by atoms with E-state index in [-0.39, 0.29) is 0 Å². The normalized spacial score (nSPS) is 18.2. The summed E-state index contributed by atoms with van der Waals surface area (Å²) in [6.07, 6.45) is 12.1. The molecular weight excluding hydrogens is 410 g/mol. The molecule has 0 saturated heterocycles. The van der Waals surface area contributed by atoms with Crippen LogP contribution in [-0.4, -0.2) is 37.8 Å². The van der Waals surface area contributed by atoms with Gasteiger partial charge in [-0.2, -0.15) is 5.10 Å². The number of rotatable bonds is 6. The van der Waals surface area contributed by atoms with Gasteiger partial charge in [0.2, 0.25) is 10.6 Å². The van der Waals surface area contributed by atoms with Gasteiger partial charge in [0, 0.05) is 16.7 Å². The molecule has 4 rings (SSSR count). The molecule has 6 nitrogen and oxygen atoms in total. The van der Waals surface area contributed by atoms with Gasteiger partial charge in [0.15, 0.2) is 11.5 Å². The van der Waals surface area contributed by atoms with E-state index in [2.05, 4.69) is 10.1 Å². The van der Waals surface area contributed by atoms with Crippen molar-refractivity contribution in [3.63, 3.8) is 0 Å². The fourth-order valence-corrected chi connectivity index (χ4v) is 5.38. The van der Waals surface area contributed by atoms with E-state index in [0.717, 1.165) is 28.9 Å². The lowest BCUT2D eigenvalue weighted by molar-refractivity contribution is 0.324. The highest BCUT2D eigenvalue weighted by Crippen LogP contribution is 2.41. The van der Waals surface area contributed by atoms with Crippen LogP contribution in [-0.2, 0) is 0 Å². The quantitative estimate of drug-likeness (QED) is 0.580. The first-order chi connectivity index (χ1) is 15.2. The Bertz CT molecular complexity index is 953. The van der Waals surface area contributed by atoms with Gasteiger partial charge in [-0.25, -0.2) is 4.68 Å². The van der Waals surface area contributed by atoms with E-state index in [0.29, 0.717) is 23.3 Å². The Hall–Kier alpha value is -2.28. The molecule has 2 aromatic rings. The van der Waals surface area contributed by atoms with Crippen molar-refractivity contribution in [3.05, 3.63) is 22.3 Å². The van der Waals surface area contributed by atoms with Crippen molar-refractivity contribution in [2.75, 3.05) is 21.3 Å². The third-order valence-electron chi connectivity index (χ3n) is 6.19. The predicted molar refractivity (Wildman–Crippen MR) is 126 cm³/mol. The SMILES string of the molecule is COc1cc(-c2csc(=NC3CCCCC3)n2N=C2CCCCC2)cc(OC)c1OC. The van der Waals surface area contributed by atoms with Crippen LogP contribution >= 0.6 is 11.3 Å². The number of thiazole rings is 1. The molecular formula is C24H33N3O3S. The van der Waals surface area contributed by atoms with Crippen LogP contribution < -0.4 is 19.0 Å². The number of nitrogens with zero attached hydrogens (tertiary/aromatic N) is 3. The lowest BCUT2D eigenvalue weighted by Gasteiger charge is -2.18. The van der Waals surface area contributed by atoms with Crippen molar-refractivity contribution in [2.24, 2.45) is 10.1 Å². The van der Waals surface area contributed by atoms with E-state index >= 15 is 0 Å². The van der Waals surface area contributed by atoms with Gasteiger partial charge in [-0.1, -0.05) is 25.7 Å². The van der Waals surface area contributed by atoms with Crippen molar-refractivity contribution < 1.29 is 14.2 Å². The summed E-state index contributed by atoms with van der Waals surface area (Å²) in [5.74, 6) is 1.89. The molecule has 0 aliphatic heterocycles. The van der Waals surface area contributed by atoms with Crippen molar-refractivity contribution in [3.8, 4) is 28.5 Å². The Labute approximate surface area is 188 Å². The third kappa shape index (κ3) is 4.97. The topological polar surface area (TPSA) is 57.3 Å². The van der Waals surface area contributed by atoms with Crippen LogP contribution in [0.3, 0.4) is 0 Å². The molecule has 0 N–H and O–H groups in total. The van der Waals surface area contributed by atoms with E-state index in [9.17, 15) is 0 Å². The van der Waals surface area contributed by atoms with Crippen LogP contribution in [0.5, 0.6) is 17.2 Å². The highest BCUT2D eigenvalue weighted by atomic mass is 32.1. The van der Waals surface area contributed by atoms with Crippen molar-refractivity contribution in [2.45, 2.75) is 70.3 Å². The molecule has 2 saturated carbocycles. The molecule has 0 radical (unpaired) electrons. The van der Waals surface area contributed by atoms with E-state index < -0.39 is 0 Å². The zero-order valence-electron chi connectivity index (χ0n) is 18.9. The summed E-state index contributed by atoms with van der Waals surface area (Å²) in [4.78, 5) is 6.12. The van der Waals surface area contributed by atoms with Gasteiger partial charge in [0.25, 0.3) is 0 Å². The molecule has 168 valence electrons. The minimum atomic E-state index is 0.401. The molecule has 0 unspecified atom stereocenters. The zero-order chi connectivity index (χ0) is 21.6. The monoisotopic (exact) mass is 443 g/mol. The van der Waals surface area contributed by atoms with Gasteiger partial charge < -0.3 is 14.2 Å². The summed E-state index contributed by atoms with van der Waals surface area (Å²) in [7, 11) is 4.92. The molecule has 1 heterocycles. The Kier molecular flexibility index (Phi) is 7.33. The van der Waals surface area contributed by atoms with Crippen LogP contribution in [0.15, 0.2) is 27.6 Å². The number of methoxy groups -OCH3 is 3. The Morgan fingerprint density at radius 3 is 2.13 bits per heavy atom. The van der Waals surface area contributed by atoms with Crippen molar-refractivity contribution in [1.29, 1.82) is 0 Å². The third-order valence-corrected chi connectivity index (χ3v) is 7.02. The maximum atomic E-state index is 5.59. The first-order valence-electron chi connectivity index (χ1n) is 11.3. The summed E-state index contributed by atoms with van der Waals surface area (Å²) in [6, 6.07) is 4.38. The van der Waals surface area contributed by atoms with E-state index in [4.69, 9.17) is 24.3 Å². The first kappa shape index (κ1) is 21.9. The molecule has 1 aromatic heterocycles. The van der Waals surface area contributed by atoms with Gasteiger partial charge in [0.05, 0.1) is 33.1 Å². The minimum absolute atomic E-state index is 0.401. The van der Waals surface area contributed by atoms with Crippen LogP contribution in [0, 0.1) is 0 Å². The van der Waals surface area contributed by atoms with Crippen molar-refractivity contribution in [1.82, 2.24) is 4.68 Å². The molecule has 31 heavy (non-hydrogen) atoms. The number of aromatic nitrogens is 1. The Balaban J connectivity index is 1.83. The highest BCUT2D eigenvalue weighted by Gasteiger charge is 2.19. The second-order valence-corrected chi connectivity index (χ2v) is 9.11. The summed E-state index contributed by atoms with van der Waals surface area (Å²) in [6.45, 7) is 0. The molecule has 2 fully saturated rings. The second kappa shape index (κ2) is 10.4. The molecule has 1 aromatic carbocycles. The minimum Gasteiger partial charge on any atom is -0.493 e. The summed E-state index contributed by atoms with van der Waals surface area (Å²) in [5, 5.41) is 7.26. The molecule has 2 aliphatic carbocycles. The van der Waals surface area contributed by atoms with Crippen LogP contribution in [0.4, 0.5) is 0 Å². The average Bonchev–Trinajstić information content (AvgIpc) is 3.21. The summed E-state index contributed by atoms with van der Waals surface area (Å²) in [5.41, 5.74) is 3.26. The van der Waals surface area contributed by atoms with E-state index in [1.165, 1.54) is 57.1 Å². The number of hydrogen-bond donors (Lipinski definition) is 0. The molecule has 7 heteroatoms. The average molecular weight is 444 g/mol. The van der Waals surface area contributed by atoms with Gasteiger partial charge in [-0.15, -0.1) is 11.3 Å². The van der Waals surface area contributed by atoms with Gasteiger partial charge in [-0.3, -0.25) is 4.99 Å².